The van der Waals surface area contributed by atoms with Gasteiger partial charge in [0, 0.05) is 11.1 Å². The predicted molar refractivity (Wildman–Crippen MR) is 89.3 cm³/mol. The molecule has 2 fully saturated rings. The lowest BCUT2D eigenvalue weighted by molar-refractivity contribution is 0.0886. The van der Waals surface area contributed by atoms with E-state index in [2.05, 4.69) is 0 Å². The number of ketones is 2. The second-order valence-corrected chi connectivity index (χ2v) is 6.82. The summed E-state index contributed by atoms with van der Waals surface area (Å²) in [6.07, 6.45) is 0. The van der Waals surface area contributed by atoms with Gasteiger partial charge >= 0.3 is 0 Å². The summed E-state index contributed by atoms with van der Waals surface area (Å²) in [6.45, 7) is 4.40. The van der Waals surface area contributed by atoms with Gasteiger partial charge in [-0.1, -0.05) is 42.5 Å². The Hall–Kier alpha value is -2.30. The Morgan fingerprint density at radius 1 is 0.875 bits per heavy atom. The normalized spacial score (nSPS) is 27.6. The standard InChI is InChI=1S/C20H18O4/c1-19(11-23-19)17(21)14-8-9-15(13-6-4-3-5-7-13)16(10-14)18(22)20(2)12-24-20/h3-10H,11-12H2,1-2H3. The maximum absolute atomic E-state index is 12.9. The van der Waals surface area contributed by atoms with E-state index < -0.39 is 11.2 Å². The fraction of sp³-hybridized carbons (Fsp3) is 0.300. The van der Waals surface area contributed by atoms with Crippen LogP contribution in [0.3, 0.4) is 0 Å². The Morgan fingerprint density at radius 3 is 2.04 bits per heavy atom. The molecule has 2 saturated heterocycles. The largest absolute Gasteiger partial charge is 0.361 e. The van der Waals surface area contributed by atoms with Gasteiger partial charge in [-0.3, -0.25) is 9.59 Å². The fourth-order valence-electron chi connectivity index (χ4n) is 2.81. The summed E-state index contributed by atoms with van der Waals surface area (Å²) in [5.74, 6) is -0.170. The predicted octanol–water partition coefficient (Wildman–Crippen LogP) is 3.30. The Labute approximate surface area is 140 Å². The molecular formula is C20H18O4. The van der Waals surface area contributed by atoms with Gasteiger partial charge in [0.2, 0.25) is 0 Å². The molecule has 122 valence electrons. The molecule has 2 aromatic carbocycles. The van der Waals surface area contributed by atoms with Crippen molar-refractivity contribution in [2.45, 2.75) is 25.0 Å². The number of carbonyl (C=O) groups excluding carboxylic acids is 2. The second kappa shape index (κ2) is 5.10. The number of rotatable bonds is 5. The topological polar surface area (TPSA) is 59.2 Å². The molecule has 2 aromatic rings. The van der Waals surface area contributed by atoms with Crippen molar-refractivity contribution in [3.8, 4) is 11.1 Å². The summed E-state index contributed by atoms with van der Waals surface area (Å²) in [5, 5.41) is 0. The molecule has 2 atom stereocenters. The van der Waals surface area contributed by atoms with E-state index in [1.807, 2.05) is 36.4 Å². The lowest BCUT2D eigenvalue weighted by Crippen LogP contribution is -2.24. The van der Waals surface area contributed by atoms with E-state index in [0.29, 0.717) is 24.3 Å². The van der Waals surface area contributed by atoms with Crippen molar-refractivity contribution < 1.29 is 19.1 Å². The van der Waals surface area contributed by atoms with Crippen molar-refractivity contribution in [2.24, 2.45) is 0 Å². The molecule has 0 amide bonds. The molecule has 0 aliphatic carbocycles. The van der Waals surface area contributed by atoms with E-state index >= 15 is 0 Å². The lowest BCUT2D eigenvalue weighted by Gasteiger charge is -2.14. The van der Waals surface area contributed by atoms with Gasteiger partial charge in [-0.2, -0.15) is 0 Å². The Balaban J connectivity index is 1.82. The van der Waals surface area contributed by atoms with E-state index in [-0.39, 0.29) is 11.6 Å². The molecule has 2 aliphatic heterocycles. The van der Waals surface area contributed by atoms with Crippen LogP contribution < -0.4 is 0 Å². The van der Waals surface area contributed by atoms with Gasteiger partial charge in [0.1, 0.15) is 0 Å². The fourth-order valence-corrected chi connectivity index (χ4v) is 2.81. The van der Waals surface area contributed by atoms with E-state index in [1.54, 1.807) is 26.0 Å². The third-order valence-electron chi connectivity index (χ3n) is 4.73. The van der Waals surface area contributed by atoms with Crippen LogP contribution in [0.4, 0.5) is 0 Å². The summed E-state index contributed by atoms with van der Waals surface area (Å²) in [4.78, 5) is 25.4. The van der Waals surface area contributed by atoms with E-state index in [4.69, 9.17) is 9.47 Å². The van der Waals surface area contributed by atoms with Gasteiger partial charge in [-0.15, -0.1) is 0 Å². The van der Waals surface area contributed by atoms with Crippen LogP contribution in [0.2, 0.25) is 0 Å². The van der Waals surface area contributed by atoms with Crippen molar-refractivity contribution in [3.05, 3.63) is 59.7 Å². The molecular weight excluding hydrogens is 304 g/mol. The molecule has 4 rings (SSSR count). The van der Waals surface area contributed by atoms with Gasteiger partial charge in [-0.05, 0) is 31.0 Å². The Kier molecular flexibility index (Phi) is 3.24. The molecule has 4 nitrogen and oxygen atoms in total. The van der Waals surface area contributed by atoms with E-state index in [9.17, 15) is 9.59 Å². The summed E-state index contributed by atoms with van der Waals surface area (Å²) in [6, 6.07) is 15.0. The molecule has 2 heterocycles. The zero-order valence-corrected chi connectivity index (χ0v) is 13.7. The first-order valence-electron chi connectivity index (χ1n) is 8.00. The third kappa shape index (κ3) is 2.48. The molecule has 0 N–H and O–H groups in total. The molecule has 24 heavy (non-hydrogen) atoms. The van der Waals surface area contributed by atoms with Crippen LogP contribution in [0.1, 0.15) is 34.6 Å². The number of epoxide rings is 2. The number of hydrogen-bond donors (Lipinski definition) is 0. The van der Waals surface area contributed by atoms with Crippen LogP contribution in [0.15, 0.2) is 48.5 Å². The molecule has 0 saturated carbocycles. The molecule has 0 aromatic heterocycles. The minimum absolute atomic E-state index is 0.0852. The number of carbonyl (C=O) groups is 2. The minimum Gasteiger partial charge on any atom is -0.361 e. The number of Topliss-reactive ketones (excluding diaryl/α,β-unsaturated/α-hetero) is 2. The quantitative estimate of drug-likeness (QED) is 0.626. The van der Waals surface area contributed by atoms with Gasteiger partial charge in [-0.25, -0.2) is 0 Å². The van der Waals surface area contributed by atoms with Crippen molar-refractivity contribution in [1.29, 1.82) is 0 Å². The lowest BCUT2D eigenvalue weighted by atomic mass is 9.88. The highest BCUT2D eigenvalue weighted by Gasteiger charge is 2.49. The molecule has 4 heteroatoms. The summed E-state index contributed by atoms with van der Waals surface area (Å²) in [5.41, 5.74) is 1.27. The van der Waals surface area contributed by atoms with Crippen molar-refractivity contribution >= 4 is 11.6 Å². The second-order valence-electron chi connectivity index (χ2n) is 6.82. The summed E-state index contributed by atoms with van der Waals surface area (Å²) < 4.78 is 10.6. The molecule has 0 spiro atoms. The Bertz CT molecular complexity index is 830. The van der Waals surface area contributed by atoms with Crippen LogP contribution in [0, 0.1) is 0 Å². The monoisotopic (exact) mass is 322 g/mol. The van der Waals surface area contributed by atoms with Crippen LogP contribution in [-0.4, -0.2) is 36.0 Å². The number of benzene rings is 2. The van der Waals surface area contributed by atoms with Gasteiger partial charge in [0.25, 0.3) is 0 Å². The van der Waals surface area contributed by atoms with Crippen molar-refractivity contribution in [3.63, 3.8) is 0 Å². The van der Waals surface area contributed by atoms with Crippen LogP contribution in [0.25, 0.3) is 11.1 Å². The Morgan fingerprint density at radius 2 is 1.46 bits per heavy atom. The first-order valence-corrected chi connectivity index (χ1v) is 8.00. The molecule has 2 aliphatic rings. The summed E-state index contributed by atoms with van der Waals surface area (Å²) >= 11 is 0. The van der Waals surface area contributed by atoms with Gasteiger partial charge < -0.3 is 9.47 Å². The van der Waals surface area contributed by atoms with E-state index in [0.717, 1.165) is 11.1 Å². The third-order valence-corrected chi connectivity index (χ3v) is 4.73. The van der Waals surface area contributed by atoms with Gasteiger partial charge in [0.05, 0.1) is 13.2 Å². The zero-order valence-electron chi connectivity index (χ0n) is 13.7. The average molecular weight is 322 g/mol. The van der Waals surface area contributed by atoms with Crippen molar-refractivity contribution in [2.75, 3.05) is 13.2 Å². The van der Waals surface area contributed by atoms with Gasteiger partial charge in [0.15, 0.2) is 22.8 Å². The first-order chi connectivity index (χ1) is 11.4. The van der Waals surface area contributed by atoms with E-state index in [1.165, 1.54) is 0 Å². The maximum atomic E-state index is 12.9. The van der Waals surface area contributed by atoms with Crippen molar-refractivity contribution in [1.82, 2.24) is 0 Å². The van der Waals surface area contributed by atoms with Crippen LogP contribution in [0.5, 0.6) is 0 Å². The van der Waals surface area contributed by atoms with Crippen LogP contribution >= 0.6 is 0 Å². The molecule has 0 bridgehead atoms. The average Bonchev–Trinajstić information content (AvgIpc) is 3.53. The highest BCUT2D eigenvalue weighted by Crippen LogP contribution is 2.36. The SMILES string of the molecule is CC1(C(=O)c2ccc(-c3ccccc3)c(C(=O)C3(C)CO3)c2)CO1. The summed E-state index contributed by atoms with van der Waals surface area (Å²) in [7, 11) is 0. The molecule has 2 unspecified atom stereocenters. The number of hydrogen-bond acceptors (Lipinski definition) is 4. The highest BCUT2D eigenvalue weighted by molar-refractivity contribution is 6.11. The zero-order chi connectivity index (χ0) is 16.9. The van der Waals surface area contributed by atoms with Crippen LogP contribution in [-0.2, 0) is 9.47 Å². The highest BCUT2D eigenvalue weighted by atomic mass is 16.6. The smallest absolute Gasteiger partial charge is 0.197 e. The first kappa shape index (κ1) is 15.2. The number of ether oxygens (including phenoxy) is 2. The molecule has 0 radical (unpaired) electrons. The maximum Gasteiger partial charge on any atom is 0.197 e. The minimum atomic E-state index is -0.773.